The van der Waals surface area contributed by atoms with E-state index in [4.69, 9.17) is 0 Å². The smallest absolute Gasteiger partial charge is 0.269 e. The van der Waals surface area contributed by atoms with Gasteiger partial charge in [-0.1, -0.05) is 36.4 Å². The lowest BCUT2D eigenvalue weighted by molar-refractivity contribution is -0.384. The molecule has 0 radical (unpaired) electrons. The summed E-state index contributed by atoms with van der Waals surface area (Å²) < 4.78 is 0. The third-order valence-corrected chi connectivity index (χ3v) is 3.64. The van der Waals surface area contributed by atoms with Gasteiger partial charge in [-0.05, 0) is 12.5 Å². The number of fused-ring (bicyclic) bond motifs is 1. The van der Waals surface area contributed by atoms with E-state index in [1.807, 2.05) is 37.4 Å². The number of aromatic nitrogens is 1. The van der Waals surface area contributed by atoms with Crippen LogP contribution in [0.5, 0.6) is 0 Å². The average Bonchev–Trinajstić information content (AvgIpc) is 2.55. The number of nitro groups is 1. The highest BCUT2D eigenvalue weighted by molar-refractivity contribution is 5.92. The summed E-state index contributed by atoms with van der Waals surface area (Å²) in [4.78, 5) is 14.6. The molecule has 0 fully saturated rings. The van der Waals surface area contributed by atoms with Gasteiger partial charge in [0.05, 0.1) is 16.8 Å². The Morgan fingerprint density at radius 3 is 2.55 bits per heavy atom. The second-order valence-electron chi connectivity index (χ2n) is 5.12. The lowest BCUT2D eigenvalue weighted by atomic mass is 10.1. The molecule has 5 heteroatoms. The van der Waals surface area contributed by atoms with Crippen LogP contribution in [0.3, 0.4) is 0 Å². The summed E-state index contributed by atoms with van der Waals surface area (Å²) in [5, 5.41) is 16.3. The molecule has 5 nitrogen and oxygen atoms in total. The zero-order chi connectivity index (χ0) is 15.5. The molecule has 1 N–H and O–H groups in total. The van der Waals surface area contributed by atoms with Crippen LogP contribution in [-0.2, 0) is 0 Å². The first kappa shape index (κ1) is 14.0. The molecule has 0 aliphatic rings. The number of pyridine rings is 1. The van der Waals surface area contributed by atoms with E-state index < -0.39 is 4.92 Å². The summed E-state index contributed by atoms with van der Waals surface area (Å²) >= 11 is 0. The fraction of sp³-hybridized carbons (Fsp3) is 0.118. The lowest BCUT2D eigenvalue weighted by Gasteiger charge is -2.17. The normalized spacial score (nSPS) is 12.0. The van der Waals surface area contributed by atoms with E-state index in [0.29, 0.717) is 0 Å². The van der Waals surface area contributed by atoms with E-state index in [-0.39, 0.29) is 11.7 Å². The standard InChI is InChI=1S/C17H15N3O2/c1-12(13-6-8-15(9-7-13)20(21)22)19-17-11-18-10-14-4-2-3-5-16(14)17/h2-12,19H,1H3. The quantitative estimate of drug-likeness (QED) is 0.574. The maximum Gasteiger partial charge on any atom is 0.269 e. The minimum Gasteiger partial charge on any atom is -0.377 e. The van der Waals surface area contributed by atoms with Gasteiger partial charge in [-0.25, -0.2) is 0 Å². The summed E-state index contributed by atoms with van der Waals surface area (Å²) in [6.45, 7) is 2.02. The van der Waals surface area contributed by atoms with Gasteiger partial charge >= 0.3 is 0 Å². The first-order valence-electron chi connectivity index (χ1n) is 6.99. The van der Waals surface area contributed by atoms with Crippen molar-refractivity contribution >= 4 is 22.1 Å². The molecule has 1 atom stereocenters. The van der Waals surface area contributed by atoms with Gasteiger partial charge in [-0.2, -0.15) is 0 Å². The Morgan fingerprint density at radius 2 is 1.82 bits per heavy atom. The van der Waals surface area contributed by atoms with E-state index in [1.54, 1.807) is 18.3 Å². The van der Waals surface area contributed by atoms with Crippen LogP contribution in [0.25, 0.3) is 10.8 Å². The van der Waals surface area contributed by atoms with Crippen LogP contribution in [0.2, 0.25) is 0 Å². The van der Waals surface area contributed by atoms with Crippen molar-refractivity contribution in [1.82, 2.24) is 4.98 Å². The number of rotatable bonds is 4. The Labute approximate surface area is 127 Å². The number of hydrogen-bond donors (Lipinski definition) is 1. The van der Waals surface area contributed by atoms with E-state index in [2.05, 4.69) is 10.3 Å². The van der Waals surface area contributed by atoms with Crippen molar-refractivity contribution in [1.29, 1.82) is 0 Å². The van der Waals surface area contributed by atoms with E-state index >= 15 is 0 Å². The number of non-ortho nitro benzene ring substituents is 1. The maximum absolute atomic E-state index is 10.7. The van der Waals surface area contributed by atoms with Crippen LogP contribution < -0.4 is 5.32 Å². The highest BCUT2D eigenvalue weighted by atomic mass is 16.6. The highest BCUT2D eigenvalue weighted by Crippen LogP contribution is 2.26. The van der Waals surface area contributed by atoms with Crippen molar-refractivity contribution < 1.29 is 4.92 Å². The van der Waals surface area contributed by atoms with Crippen LogP contribution in [0, 0.1) is 10.1 Å². The molecule has 2 aromatic carbocycles. The average molecular weight is 293 g/mol. The van der Waals surface area contributed by atoms with E-state index in [9.17, 15) is 10.1 Å². The first-order valence-corrected chi connectivity index (χ1v) is 6.99. The van der Waals surface area contributed by atoms with Crippen molar-refractivity contribution in [2.45, 2.75) is 13.0 Å². The van der Waals surface area contributed by atoms with Crippen LogP contribution in [0.1, 0.15) is 18.5 Å². The topological polar surface area (TPSA) is 68.1 Å². The molecular weight excluding hydrogens is 278 g/mol. The zero-order valence-electron chi connectivity index (χ0n) is 12.1. The van der Waals surface area contributed by atoms with Crippen LogP contribution in [-0.4, -0.2) is 9.91 Å². The monoisotopic (exact) mass is 293 g/mol. The molecule has 1 unspecified atom stereocenters. The van der Waals surface area contributed by atoms with Gasteiger partial charge in [0.15, 0.2) is 0 Å². The molecule has 22 heavy (non-hydrogen) atoms. The molecule has 1 heterocycles. The Kier molecular flexibility index (Phi) is 3.70. The van der Waals surface area contributed by atoms with Crippen LogP contribution in [0.15, 0.2) is 60.9 Å². The SMILES string of the molecule is CC(Nc1cncc2ccccc12)c1ccc([N+](=O)[O-])cc1. The van der Waals surface area contributed by atoms with Gasteiger partial charge < -0.3 is 5.32 Å². The molecule has 3 rings (SSSR count). The number of anilines is 1. The molecule has 0 saturated heterocycles. The molecule has 0 spiro atoms. The predicted molar refractivity (Wildman–Crippen MR) is 86.9 cm³/mol. The summed E-state index contributed by atoms with van der Waals surface area (Å²) in [7, 11) is 0. The predicted octanol–water partition coefficient (Wildman–Crippen LogP) is 4.32. The van der Waals surface area contributed by atoms with Gasteiger partial charge in [0.2, 0.25) is 0 Å². The summed E-state index contributed by atoms with van der Waals surface area (Å²) in [5.41, 5.74) is 2.03. The molecule has 3 aromatic rings. The molecule has 1 aromatic heterocycles. The minimum atomic E-state index is -0.392. The lowest BCUT2D eigenvalue weighted by Crippen LogP contribution is -2.07. The molecule has 110 valence electrons. The maximum atomic E-state index is 10.7. The molecular formula is C17H15N3O2. The van der Waals surface area contributed by atoms with Gasteiger partial charge in [0.25, 0.3) is 5.69 Å². The fourth-order valence-electron chi connectivity index (χ4n) is 2.43. The van der Waals surface area contributed by atoms with E-state index in [1.165, 1.54) is 12.1 Å². The van der Waals surface area contributed by atoms with E-state index in [0.717, 1.165) is 22.0 Å². The first-order chi connectivity index (χ1) is 10.6. The van der Waals surface area contributed by atoms with Gasteiger partial charge in [-0.15, -0.1) is 0 Å². The Bertz CT molecular complexity index is 810. The number of nitrogens with one attached hydrogen (secondary N) is 1. The molecule has 0 saturated carbocycles. The molecule has 0 amide bonds. The third kappa shape index (κ3) is 2.74. The van der Waals surface area contributed by atoms with Gasteiger partial charge in [0, 0.05) is 35.1 Å². The summed E-state index contributed by atoms with van der Waals surface area (Å²) in [6.07, 6.45) is 3.63. The largest absolute Gasteiger partial charge is 0.377 e. The Hall–Kier alpha value is -2.95. The number of nitrogens with zero attached hydrogens (tertiary/aromatic N) is 2. The van der Waals surface area contributed by atoms with Gasteiger partial charge in [0.1, 0.15) is 0 Å². The fourth-order valence-corrected chi connectivity index (χ4v) is 2.43. The summed E-state index contributed by atoms with van der Waals surface area (Å²) in [6, 6.07) is 14.6. The second kappa shape index (κ2) is 5.81. The molecule has 0 aliphatic heterocycles. The molecule has 0 bridgehead atoms. The minimum absolute atomic E-state index is 0.0217. The number of benzene rings is 2. The molecule has 0 aliphatic carbocycles. The van der Waals surface area contributed by atoms with Crippen LogP contribution in [0.4, 0.5) is 11.4 Å². The zero-order valence-corrected chi connectivity index (χ0v) is 12.1. The second-order valence-corrected chi connectivity index (χ2v) is 5.12. The Balaban J connectivity index is 1.86. The van der Waals surface area contributed by atoms with Crippen LogP contribution >= 0.6 is 0 Å². The van der Waals surface area contributed by atoms with Crippen molar-refractivity contribution in [2.24, 2.45) is 0 Å². The Morgan fingerprint density at radius 1 is 1.09 bits per heavy atom. The summed E-state index contributed by atoms with van der Waals surface area (Å²) in [5.74, 6) is 0. The number of nitro benzene ring substituents is 1. The highest BCUT2D eigenvalue weighted by Gasteiger charge is 2.10. The van der Waals surface area contributed by atoms with Crippen molar-refractivity contribution in [2.75, 3.05) is 5.32 Å². The van der Waals surface area contributed by atoms with Crippen molar-refractivity contribution in [3.8, 4) is 0 Å². The third-order valence-electron chi connectivity index (χ3n) is 3.64. The van der Waals surface area contributed by atoms with Gasteiger partial charge in [-0.3, -0.25) is 15.1 Å². The van der Waals surface area contributed by atoms with Crippen molar-refractivity contribution in [3.63, 3.8) is 0 Å². The number of hydrogen-bond acceptors (Lipinski definition) is 4. The van der Waals surface area contributed by atoms with Crippen molar-refractivity contribution in [3.05, 3.63) is 76.6 Å².